The van der Waals surface area contributed by atoms with Gasteiger partial charge in [0.1, 0.15) is 0 Å². The highest BCUT2D eigenvalue weighted by atomic mass is 16.5. The number of nitrogens with zero attached hydrogens (tertiary/aromatic N) is 2. The number of likely N-dealkylation sites (N-methyl/N-ethyl adjacent to an activating group) is 1. The Morgan fingerprint density at radius 3 is 2.80 bits per heavy atom. The molecule has 1 aromatic heterocycles. The Balaban J connectivity index is 1.79. The molecule has 0 aliphatic heterocycles. The summed E-state index contributed by atoms with van der Waals surface area (Å²) in [6.07, 6.45) is 0. The van der Waals surface area contributed by atoms with Crippen LogP contribution in [0.4, 0.5) is 5.69 Å². The first-order valence-electron chi connectivity index (χ1n) is 6.40. The largest absolute Gasteiger partial charge is 0.373 e. The third-order valence-corrected chi connectivity index (χ3v) is 2.92. The summed E-state index contributed by atoms with van der Waals surface area (Å²) in [5.41, 5.74) is 6.76. The number of amides is 1. The predicted octanol–water partition coefficient (Wildman–Crippen LogP) is 0.999. The SMILES string of the molecule is CN(CCNC(=O)c1cc(CN)on1)c1ccccc1. The van der Waals surface area contributed by atoms with Crippen LogP contribution >= 0.6 is 0 Å². The zero-order chi connectivity index (χ0) is 14.4. The van der Waals surface area contributed by atoms with Gasteiger partial charge in [-0.25, -0.2) is 0 Å². The van der Waals surface area contributed by atoms with Crippen molar-refractivity contribution in [2.75, 3.05) is 25.0 Å². The highest BCUT2D eigenvalue weighted by Crippen LogP contribution is 2.09. The number of anilines is 1. The molecule has 2 aromatic rings. The number of nitrogens with two attached hydrogens (primary N) is 1. The molecule has 0 fully saturated rings. The molecule has 3 N–H and O–H groups in total. The summed E-state index contributed by atoms with van der Waals surface area (Å²) in [6, 6.07) is 11.5. The van der Waals surface area contributed by atoms with Crippen LogP contribution in [-0.2, 0) is 6.54 Å². The average Bonchev–Trinajstić information content (AvgIpc) is 2.97. The number of rotatable bonds is 6. The van der Waals surface area contributed by atoms with E-state index in [4.69, 9.17) is 10.3 Å². The molecule has 0 spiro atoms. The number of para-hydroxylation sites is 1. The van der Waals surface area contributed by atoms with E-state index in [9.17, 15) is 4.79 Å². The van der Waals surface area contributed by atoms with Gasteiger partial charge in [0, 0.05) is 31.9 Å². The van der Waals surface area contributed by atoms with Crippen LogP contribution in [0.15, 0.2) is 40.9 Å². The molecule has 0 aliphatic rings. The van der Waals surface area contributed by atoms with Crippen molar-refractivity contribution in [1.29, 1.82) is 0 Å². The molecule has 1 heterocycles. The van der Waals surface area contributed by atoms with Crippen molar-refractivity contribution in [3.05, 3.63) is 47.9 Å². The molecule has 1 aromatic carbocycles. The molecular weight excluding hydrogens is 256 g/mol. The van der Waals surface area contributed by atoms with Crippen molar-refractivity contribution in [1.82, 2.24) is 10.5 Å². The van der Waals surface area contributed by atoms with Gasteiger partial charge in [-0.3, -0.25) is 4.79 Å². The van der Waals surface area contributed by atoms with Gasteiger partial charge in [0.05, 0.1) is 6.54 Å². The minimum atomic E-state index is -0.255. The molecule has 6 heteroatoms. The summed E-state index contributed by atoms with van der Waals surface area (Å²) in [5.74, 6) is 0.242. The van der Waals surface area contributed by atoms with Gasteiger partial charge in [-0.1, -0.05) is 23.4 Å². The van der Waals surface area contributed by atoms with E-state index in [0.29, 0.717) is 18.8 Å². The Bertz CT molecular complexity index is 553. The molecular formula is C14H18N4O2. The van der Waals surface area contributed by atoms with E-state index in [0.717, 1.165) is 5.69 Å². The van der Waals surface area contributed by atoms with Gasteiger partial charge in [-0.15, -0.1) is 0 Å². The molecule has 0 radical (unpaired) electrons. The fraction of sp³-hybridized carbons (Fsp3) is 0.286. The number of hydrogen-bond donors (Lipinski definition) is 2. The van der Waals surface area contributed by atoms with E-state index in [2.05, 4.69) is 15.4 Å². The number of carbonyl (C=O) groups excluding carboxylic acids is 1. The standard InChI is InChI=1S/C14H18N4O2/c1-18(11-5-3-2-4-6-11)8-7-16-14(19)13-9-12(10-15)20-17-13/h2-6,9H,7-8,10,15H2,1H3,(H,16,19). The zero-order valence-electron chi connectivity index (χ0n) is 11.4. The van der Waals surface area contributed by atoms with E-state index < -0.39 is 0 Å². The van der Waals surface area contributed by atoms with Crippen LogP contribution in [0.5, 0.6) is 0 Å². The molecule has 1 amide bonds. The summed E-state index contributed by atoms with van der Waals surface area (Å²) in [5, 5.41) is 6.46. The maximum absolute atomic E-state index is 11.8. The Labute approximate surface area is 117 Å². The lowest BCUT2D eigenvalue weighted by atomic mass is 10.3. The van der Waals surface area contributed by atoms with Gasteiger partial charge < -0.3 is 20.5 Å². The van der Waals surface area contributed by atoms with Gasteiger partial charge >= 0.3 is 0 Å². The van der Waals surface area contributed by atoms with Crippen LogP contribution in [0.3, 0.4) is 0 Å². The second kappa shape index (κ2) is 6.72. The molecule has 106 valence electrons. The lowest BCUT2D eigenvalue weighted by Gasteiger charge is -2.19. The van der Waals surface area contributed by atoms with Crippen LogP contribution in [-0.4, -0.2) is 31.2 Å². The van der Waals surface area contributed by atoms with Crippen molar-refractivity contribution < 1.29 is 9.32 Å². The van der Waals surface area contributed by atoms with Crippen LogP contribution in [0.1, 0.15) is 16.2 Å². The van der Waals surface area contributed by atoms with E-state index in [1.54, 1.807) is 6.07 Å². The van der Waals surface area contributed by atoms with Crippen molar-refractivity contribution in [3.8, 4) is 0 Å². The quantitative estimate of drug-likeness (QED) is 0.821. The van der Waals surface area contributed by atoms with Gasteiger partial charge in [-0.2, -0.15) is 0 Å². The summed E-state index contributed by atoms with van der Waals surface area (Å²) >= 11 is 0. The molecule has 0 unspecified atom stereocenters. The third-order valence-electron chi connectivity index (χ3n) is 2.92. The van der Waals surface area contributed by atoms with E-state index in [-0.39, 0.29) is 18.1 Å². The van der Waals surface area contributed by atoms with Crippen molar-refractivity contribution in [2.24, 2.45) is 5.73 Å². The number of carbonyl (C=O) groups is 1. The fourth-order valence-corrected chi connectivity index (χ4v) is 1.76. The smallest absolute Gasteiger partial charge is 0.273 e. The summed E-state index contributed by atoms with van der Waals surface area (Å²) in [6.45, 7) is 1.46. The van der Waals surface area contributed by atoms with Gasteiger partial charge in [0.2, 0.25) is 0 Å². The average molecular weight is 274 g/mol. The summed E-state index contributed by atoms with van der Waals surface area (Å²) in [7, 11) is 1.98. The van der Waals surface area contributed by atoms with Gasteiger partial charge in [0.15, 0.2) is 11.5 Å². The number of benzene rings is 1. The summed E-state index contributed by atoms with van der Waals surface area (Å²) in [4.78, 5) is 13.9. The molecule has 0 aliphatic carbocycles. The molecule has 2 rings (SSSR count). The number of nitrogens with one attached hydrogen (secondary N) is 1. The molecule has 0 bridgehead atoms. The third kappa shape index (κ3) is 3.58. The molecule has 0 saturated carbocycles. The highest BCUT2D eigenvalue weighted by Gasteiger charge is 2.11. The first-order chi connectivity index (χ1) is 9.70. The molecule has 20 heavy (non-hydrogen) atoms. The topological polar surface area (TPSA) is 84.4 Å². The van der Waals surface area contributed by atoms with E-state index >= 15 is 0 Å². The second-order valence-electron chi connectivity index (χ2n) is 4.40. The second-order valence-corrected chi connectivity index (χ2v) is 4.40. The highest BCUT2D eigenvalue weighted by molar-refractivity contribution is 5.92. The predicted molar refractivity (Wildman–Crippen MR) is 76.4 cm³/mol. The van der Waals surface area contributed by atoms with Gasteiger partial charge in [0.25, 0.3) is 5.91 Å². The van der Waals surface area contributed by atoms with E-state index in [1.165, 1.54) is 0 Å². The first kappa shape index (κ1) is 14.1. The van der Waals surface area contributed by atoms with Crippen molar-refractivity contribution in [2.45, 2.75) is 6.54 Å². The van der Waals surface area contributed by atoms with Crippen molar-refractivity contribution >= 4 is 11.6 Å². The molecule has 6 nitrogen and oxygen atoms in total. The lowest BCUT2D eigenvalue weighted by Crippen LogP contribution is -2.33. The maximum atomic E-state index is 11.8. The minimum absolute atomic E-state index is 0.233. The van der Waals surface area contributed by atoms with Gasteiger partial charge in [-0.05, 0) is 12.1 Å². The number of hydrogen-bond acceptors (Lipinski definition) is 5. The Kier molecular flexibility index (Phi) is 4.73. The van der Waals surface area contributed by atoms with Crippen LogP contribution in [0, 0.1) is 0 Å². The normalized spacial score (nSPS) is 10.3. The Morgan fingerprint density at radius 1 is 1.40 bits per heavy atom. The minimum Gasteiger partial charge on any atom is -0.373 e. The summed E-state index contributed by atoms with van der Waals surface area (Å²) < 4.78 is 4.89. The van der Waals surface area contributed by atoms with Crippen LogP contribution < -0.4 is 16.0 Å². The zero-order valence-corrected chi connectivity index (χ0v) is 11.4. The Morgan fingerprint density at radius 2 is 2.15 bits per heavy atom. The van der Waals surface area contributed by atoms with Crippen molar-refractivity contribution in [3.63, 3.8) is 0 Å². The molecule has 0 saturated heterocycles. The van der Waals surface area contributed by atoms with E-state index in [1.807, 2.05) is 37.4 Å². The number of aromatic nitrogens is 1. The van der Waals surface area contributed by atoms with Crippen LogP contribution in [0.2, 0.25) is 0 Å². The monoisotopic (exact) mass is 274 g/mol. The van der Waals surface area contributed by atoms with Crippen LogP contribution in [0.25, 0.3) is 0 Å². The lowest BCUT2D eigenvalue weighted by molar-refractivity contribution is 0.0945. The molecule has 0 atom stereocenters. The first-order valence-corrected chi connectivity index (χ1v) is 6.40. The maximum Gasteiger partial charge on any atom is 0.273 e. The Hall–Kier alpha value is -2.34. The fourth-order valence-electron chi connectivity index (χ4n) is 1.76.